The van der Waals surface area contributed by atoms with Crippen molar-refractivity contribution in [2.24, 2.45) is 0 Å². The van der Waals surface area contributed by atoms with Crippen LogP contribution in [0.15, 0.2) is 120 Å². The van der Waals surface area contributed by atoms with E-state index in [0.717, 1.165) is 55.1 Å². The van der Waals surface area contributed by atoms with E-state index in [4.69, 9.17) is 13.5 Å². The van der Waals surface area contributed by atoms with Gasteiger partial charge >= 0.3 is 0 Å². The second-order valence-electron chi connectivity index (χ2n) is 14.7. The second kappa shape index (κ2) is 15.2. The van der Waals surface area contributed by atoms with Gasteiger partial charge in [-0.15, -0.1) is 54.1 Å². The molecule has 8 rings (SSSR count). The van der Waals surface area contributed by atoms with Gasteiger partial charge in [0.2, 0.25) is 0 Å². The van der Waals surface area contributed by atoms with Gasteiger partial charge in [0.15, 0.2) is 0 Å². The molecule has 0 aliphatic carbocycles. The number of nitrogens with zero attached hydrogens (tertiary/aromatic N) is 3. The predicted molar refractivity (Wildman–Crippen MR) is 217 cm³/mol. The molecule has 0 spiro atoms. The van der Waals surface area contributed by atoms with E-state index in [1.807, 2.05) is 54.6 Å². The maximum atomic E-state index is 7.74. The Morgan fingerprint density at radius 1 is 0.712 bits per heavy atom. The molecule has 0 unspecified atom stereocenters. The molecule has 265 valence electrons. The molecule has 5 aromatic carbocycles. The predicted octanol–water partition coefficient (Wildman–Crippen LogP) is 12.0. The SMILES string of the molecule is CC(C)c1cccc(C(C)C)c1-n1c(-c2[c-]ccc3c2oc2ccccc23)nc2ccccc21.[2H]C([2H])([2H])c1nc(-c2[c-]cccc2)ccc1[Si](C)(C)C.[Ir]. The summed E-state index contributed by atoms with van der Waals surface area (Å²) in [5.74, 6) is 1.60. The Hall–Kier alpha value is -4.61. The van der Waals surface area contributed by atoms with Gasteiger partial charge in [-0.05, 0) is 58.9 Å². The third-order valence-corrected chi connectivity index (χ3v) is 11.4. The maximum absolute atomic E-state index is 7.74. The maximum Gasteiger partial charge on any atom is 0.120 e. The number of hydrogen-bond donors (Lipinski definition) is 0. The molecule has 0 atom stereocenters. The molecule has 0 saturated carbocycles. The smallest absolute Gasteiger partial charge is 0.120 e. The largest absolute Gasteiger partial charge is 0.501 e. The van der Waals surface area contributed by atoms with Crippen molar-refractivity contribution >= 4 is 46.2 Å². The molecular weight excluding hydrogens is 831 g/mol. The molecule has 3 heterocycles. The number of rotatable bonds is 6. The summed E-state index contributed by atoms with van der Waals surface area (Å²) >= 11 is 0. The molecule has 0 fully saturated rings. The van der Waals surface area contributed by atoms with Gasteiger partial charge in [-0.1, -0.05) is 119 Å². The molecule has 6 heteroatoms. The van der Waals surface area contributed by atoms with E-state index in [1.165, 1.54) is 16.8 Å². The summed E-state index contributed by atoms with van der Waals surface area (Å²) in [6.07, 6.45) is 0. The van der Waals surface area contributed by atoms with E-state index in [1.54, 1.807) is 6.07 Å². The third-order valence-electron chi connectivity index (χ3n) is 9.38. The van der Waals surface area contributed by atoms with Crippen molar-refractivity contribution in [2.45, 2.75) is 66.0 Å². The molecule has 0 N–H and O–H groups in total. The molecule has 0 amide bonds. The molecule has 0 bridgehead atoms. The standard InChI is InChI=1S/C31H27N2O.C15H18NSi.Ir/c1-19(2)21-12-9-13-22(20(3)4)29(21)33-27-17-7-6-16-26(27)32-31(33)25-15-10-14-24-23-11-5-8-18-28(23)34-30(24)25;1-12-15(17(2,3)4)11-10-14(16-12)13-8-6-5-7-9-13;/h5-14,16-20H,1-4H3;5-8,10-11H,1-4H3;/q2*-1;/i;1D3;. The molecule has 0 aliphatic rings. The first-order valence-corrected chi connectivity index (χ1v) is 21.2. The van der Waals surface area contributed by atoms with Gasteiger partial charge in [-0.3, -0.25) is 4.98 Å². The Labute approximate surface area is 326 Å². The fourth-order valence-electron chi connectivity index (χ4n) is 6.81. The van der Waals surface area contributed by atoms with Crippen LogP contribution in [0.25, 0.3) is 61.3 Å². The number of hydrogen-bond acceptors (Lipinski definition) is 3. The first-order chi connectivity index (χ1) is 25.7. The van der Waals surface area contributed by atoms with Crippen molar-refractivity contribution in [3.8, 4) is 28.3 Å². The van der Waals surface area contributed by atoms with Crippen LogP contribution in [0.4, 0.5) is 0 Å². The van der Waals surface area contributed by atoms with Crippen LogP contribution in [0.5, 0.6) is 0 Å². The summed E-state index contributed by atoms with van der Waals surface area (Å²) in [5, 5.41) is 3.10. The molecule has 0 aliphatic heterocycles. The van der Waals surface area contributed by atoms with Crippen LogP contribution in [0.3, 0.4) is 0 Å². The van der Waals surface area contributed by atoms with Gasteiger partial charge in [0.05, 0.1) is 30.5 Å². The fourth-order valence-corrected chi connectivity index (χ4v) is 8.16. The van der Waals surface area contributed by atoms with Crippen molar-refractivity contribution in [1.29, 1.82) is 0 Å². The van der Waals surface area contributed by atoms with Gasteiger partial charge in [0.1, 0.15) is 5.58 Å². The normalized spacial score (nSPS) is 12.8. The first kappa shape index (κ1) is 33.2. The molecule has 4 nitrogen and oxygen atoms in total. The number of pyridine rings is 1. The van der Waals surface area contributed by atoms with Crippen LogP contribution in [-0.4, -0.2) is 22.6 Å². The van der Waals surface area contributed by atoms with Crippen LogP contribution in [0, 0.1) is 19.0 Å². The van der Waals surface area contributed by atoms with Crippen LogP contribution < -0.4 is 5.19 Å². The Bertz CT molecular complexity index is 2580. The van der Waals surface area contributed by atoms with Crippen molar-refractivity contribution in [3.63, 3.8) is 0 Å². The average Bonchev–Trinajstić information content (AvgIpc) is 3.73. The van der Waals surface area contributed by atoms with Gasteiger partial charge in [0, 0.05) is 41.0 Å². The second-order valence-corrected chi connectivity index (χ2v) is 19.7. The summed E-state index contributed by atoms with van der Waals surface area (Å²) in [7, 11) is -1.74. The van der Waals surface area contributed by atoms with E-state index in [-0.39, 0.29) is 25.8 Å². The fraction of sp³-hybridized carbons (Fsp3) is 0.217. The van der Waals surface area contributed by atoms with Gasteiger partial charge < -0.3 is 14.0 Å². The number of para-hydroxylation sites is 4. The molecule has 52 heavy (non-hydrogen) atoms. The average molecular weight is 879 g/mol. The number of fused-ring (bicyclic) bond motifs is 4. The quantitative estimate of drug-likeness (QED) is 0.123. The van der Waals surface area contributed by atoms with E-state index in [2.05, 4.69) is 124 Å². The van der Waals surface area contributed by atoms with Crippen LogP contribution >= 0.6 is 0 Å². The summed E-state index contributed by atoms with van der Waals surface area (Å²) in [6.45, 7) is 13.2. The van der Waals surface area contributed by atoms with E-state index in [9.17, 15) is 0 Å². The van der Waals surface area contributed by atoms with E-state index < -0.39 is 14.9 Å². The minimum atomic E-state index is -2.18. The van der Waals surface area contributed by atoms with Gasteiger partial charge in [0.25, 0.3) is 0 Å². The summed E-state index contributed by atoms with van der Waals surface area (Å²) in [4.78, 5) is 9.57. The van der Waals surface area contributed by atoms with Crippen molar-refractivity contribution < 1.29 is 28.6 Å². The van der Waals surface area contributed by atoms with Crippen molar-refractivity contribution in [2.75, 3.05) is 0 Å². The molecule has 1 radical (unpaired) electrons. The number of furan rings is 1. The summed E-state index contributed by atoms with van der Waals surface area (Å²) < 4.78 is 31.9. The number of benzene rings is 5. The molecule has 0 saturated heterocycles. The van der Waals surface area contributed by atoms with Crippen LogP contribution in [0.1, 0.15) is 60.5 Å². The molecular formula is C46H45IrN3OSi-2. The zero-order valence-corrected chi connectivity index (χ0v) is 34.1. The van der Waals surface area contributed by atoms with Crippen LogP contribution in [0.2, 0.25) is 19.6 Å². The zero-order valence-electron chi connectivity index (χ0n) is 33.7. The Morgan fingerprint density at radius 3 is 2.12 bits per heavy atom. The first-order valence-electron chi connectivity index (χ1n) is 19.2. The topological polar surface area (TPSA) is 43.9 Å². The van der Waals surface area contributed by atoms with Crippen molar-refractivity contribution in [1.82, 2.24) is 14.5 Å². The molecule has 3 aromatic heterocycles. The Balaban J connectivity index is 0.000000211. The molecule has 8 aromatic rings. The number of imidazole rings is 1. The van der Waals surface area contributed by atoms with Crippen LogP contribution in [-0.2, 0) is 20.1 Å². The van der Waals surface area contributed by atoms with Crippen molar-refractivity contribution in [3.05, 3.63) is 144 Å². The van der Waals surface area contributed by atoms with Gasteiger partial charge in [-0.25, -0.2) is 0 Å². The Morgan fingerprint density at radius 2 is 1.42 bits per heavy atom. The summed E-state index contributed by atoms with van der Waals surface area (Å²) in [6, 6.07) is 45.2. The minimum Gasteiger partial charge on any atom is -0.501 e. The van der Waals surface area contributed by atoms with Gasteiger partial charge in [-0.2, -0.15) is 0 Å². The third kappa shape index (κ3) is 7.08. The summed E-state index contributed by atoms with van der Waals surface area (Å²) in [5.41, 5.74) is 10.2. The van der Waals surface area contributed by atoms with E-state index >= 15 is 0 Å². The number of aromatic nitrogens is 3. The Kier molecular flexibility index (Phi) is 9.69. The minimum absolute atomic E-state index is 0. The monoisotopic (exact) mass is 879 g/mol. The number of aryl methyl sites for hydroxylation is 1. The van der Waals surface area contributed by atoms with E-state index in [0.29, 0.717) is 17.5 Å². The zero-order chi connectivity index (χ0) is 38.4.